The minimum absolute atomic E-state index is 0.109. The number of aryl methyl sites for hydroxylation is 2. The highest BCUT2D eigenvalue weighted by Crippen LogP contribution is 2.26. The van der Waals surface area contributed by atoms with E-state index in [4.69, 9.17) is 0 Å². The van der Waals surface area contributed by atoms with E-state index in [9.17, 15) is 9.59 Å². The van der Waals surface area contributed by atoms with Gasteiger partial charge in [-0.2, -0.15) is 0 Å². The van der Waals surface area contributed by atoms with Crippen molar-refractivity contribution in [2.45, 2.75) is 26.8 Å². The fourth-order valence-electron chi connectivity index (χ4n) is 2.77. The third-order valence-electron chi connectivity index (χ3n) is 3.89. The molecule has 0 fully saturated rings. The van der Waals surface area contributed by atoms with Gasteiger partial charge in [-0.05, 0) is 49.9 Å². The number of nitrogens with one attached hydrogen (secondary N) is 2. The molecule has 0 bridgehead atoms. The smallest absolute Gasteiger partial charge is 0.268 e. The molecule has 5 heteroatoms. The second kappa shape index (κ2) is 6.01. The molecule has 0 spiro atoms. The first kappa shape index (κ1) is 15.5. The fourth-order valence-corrected chi connectivity index (χ4v) is 3.79. The first-order chi connectivity index (χ1) is 11.0. The second-order valence-electron chi connectivity index (χ2n) is 5.66. The summed E-state index contributed by atoms with van der Waals surface area (Å²) in [6.07, 6.45) is 0. The highest BCUT2D eigenvalue weighted by Gasteiger charge is 2.16. The number of hydrogen-bond donors (Lipinski definition) is 2. The topological polar surface area (TPSA) is 62.0 Å². The van der Waals surface area contributed by atoms with E-state index in [0.717, 1.165) is 10.9 Å². The molecule has 0 aliphatic carbocycles. The van der Waals surface area contributed by atoms with E-state index in [0.29, 0.717) is 5.39 Å². The highest BCUT2D eigenvalue weighted by atomic mass is 32.1. The molecule has 3 rings (SSSR count). The summed E-state index contributed by atoms with van der Waals surface area (Å²) in [6, 6.07) is 10.9. The van der Waals surface area contributed by atoms with Crippen LogP contribution in [0.25, 0.3) is 10.8 Å². The average molecular weight is 326 g/mol. The van der Waals surface area contributed by atoms with Crippen LogP contribution in [0.4, 0.5) is 0 Å². The standard InChI is InChI=1S/C18H18N2O2S/c1-10-8-15(12(3)23-10)11(2)19-18(22)16-9-13-6-4-5-7-14(13)17(21)20-16/h4-9,11H,1-3H3,(H,19,22)(H,20,21)/t11-/m0/s1. The first-order valence-corrected chi connectivity index (χ1v) is 8.27. The molecular formula is C18H18N2O2S. The quantitative estimate of drug-likeness (QED) is 0.771. The molecule has 0 saturated heterocycles. The molecule has 23 heavy (non-hydrogen) atoms. The van der Waals surface area contributed by atoms with Gasteiger partial charge in [0.2, 0.25) is 0 Å². The summed E-state index contributed by atoms with van der Waals surface area (Å²) in [5.41, 5.74) is 1.15. The molecular weight excluding hydrogens is 308 g/mol. The lowest BCUT2D eigenvalue weighted by Crippen LogP contribution is -2.29. The number of hydrogen-bond acceptors (Lipinski definition) is 3. The summed E-state index contributed by atoms with van der Waals surface area (Å²) in [6.45, 7) is 6.05. The zero-order chi connectivity index (χ0) is 16.6. The number of amides is 1. The molecule has 0 saturated carbocycles. The maximum atomic E-state index is 12.5. The van der Waals surface area contributed by atoms with E-state index in [1.54, 1.807) is 29.5 Å². The van der Waals surface area contributed by atoms with Gasteiger partial charge in [0.25, 0.3) is 11.5 Å². The van der Waals surface area contributed by atoms with Gasteiger partial charge in [-0.15, -0.1) is 11.3 Å². The van der Waals surface area contributed by atoms with Gasteiger partial charge in [0.15, 0.2) is 0 Å². The molecule has 1 atom stereocenters. The Bertz CT molecular complexity index is 940. The van der Waals surface area contributed by atoms with Crippen molar-refractivity contribution in [2.24, 2.45) is 0 Å². The molecule has 4 nitrogen and oxygen atoms in total. The van der Waals surface area contributed by atoms with Gasteiger partial charge in [0.05, 0.1) is 6.04 Å². The Morgan fingerprint density at radius 2 is 1.96 bits per heavy atom. The number of rotatable bonds is 3. The molecule has 1 amide bonds. The van der Waals surface area contributed by atoms with E-state index < -0.39 is 0 Å². The maximum absolute atomic E-state index is 12.5. The molecule has 2 heterocycles. The summed E-state index contributed by atoms with van der Waals surface area (Å²) in [5.74, 6) is -0.274. The third kappa shape index (κ3) is 3.05. The van der Waals surface area contributed by atoms with Crippen LogP contribution in [-0.4, -0.2) is 10.9 Å². The minimum Gasteiger partial charge on any atom is -0.344 e. The lowest BCUT2D eigenvalue weighted by molar-refractivity contribution is 0.0935. The molecule has 0 radical (unpaired) electrons. The monoisotopic (exact) mass is 326 g/mol. The van der Waals surface area contributed by atoms with Gasteiger partial charge in [0, 0.05) is 15.1 Å². The van der Waals surface area contributed by atoms with Crippen molar-refractivity contribution in [1.29, 1.82) is 0 Å². The fraction of sp³-hybridized carbons (Fsp3) is 0.222. The summed E-state index contributed by atoms with van der Waals surface area (Å²) < 4.78 is 0. The number of aromatic amines is 1. The highest BCUT2D eigenvalue weighted by molar-refractivity contribution is 7.12. The van der Waals surface area contributed by atoms with Crippen LogP contribution in [0.2, 0.25) is 0 Å². The maximum Gasteiger partial charge on any atom is 0.268 e. The number of aromatic nitrogens is 1. The van der Waals surface area contributed by atoms with E-state index in [1.807, 2.05) is 26.0 Å². The minimum atomic E-state index is -0.274. The molecule has 118 valence electrons. The number of H-pyrrole nitrogens is 1. The SMILES string of the molecule is Cc1cc([C@H](C)NC(=O)c2cc3ccccc3c(=O)[nH]2)c(C)s1. The third-order valence-corrected chi connectivity index (χ3v) is 4.87. The van der Waals surface area contributed by atoms with Crippen molar-refractivity contribution in [3.63, 3.8) is 0 Å². The average Bonchev–Trinajstić information content (AvgIpc) is 2.86. The Kier molecular flexibility index (Phi) is 4.05. The Morgan fingerprint density at radius 1 is 1.22 bits per heavy atom. The number of thiophene rings is 1. The predicted octanol–water partition coefficient (Wildman–Crippen LogP) is 3.70. The van der Waals surface area contributed by atoms with E-state index in [-0.39, 0.29) is 23.2 Å². The molecule has 0 unspecified atom stereocenters. The van der Waals surface area contributed by atoms with Crippen LogP contribution in [0, 0.1) is 13.8 Å². The predicted molar refractivity (Wildman–Crippen MR) is 94.2 cm³/mol. The molecule has 2 aromatic heterocycles. The summed E-state index contributed by atoms with van der Waals surface area (Å²) in [5, 5.41) is 4.30. The van der Waals surface area contributed by atoms with Crippen molar-refractivity contribution in [1.82, 2.24) is 10.3 Å². The van der Waals surface area contributed by atoms with Gasteiger partial charge in [-0.3, -0.25) is 9.59 Å². The van der Waals surface area contributed by atoms with Crippen LogP contribution >= 0.6 is 11.3 Å². The van der Waals surface area contributed by atoms with Crippen molar-refractivity contribution in [2.75, 3.05) is 0 Å². The second-order valence-corrected chi connectivity index (χ2v) is 7.12. The van der Waals surface area contributed by atoms with Gasteiger partial charge < -0.3 is 10.3 Å². The molecule has 1 aromatic carbocycles. The Balaban J connectivity index is 1.89. The Labute approximate surface area is 138 Å². The number of pyridine rings is 1. The van der Waals surface area contributed by atoms with E-state index >= 15 is 0 Å². The number of carbonyl (C=O) groups is 1. The van der Waals surface area contributed by atoms with Gasteiger partial charge in [-0.25, -0.2) is 0 Å². The zero-order valence-electron chi connectivity index (χ0n) is 13.3. The van der Waals surface area contributed by atoms with Crippen LogP contribution in [-0.2, 0) is 0 Å². The number of carbonyl (C=O) groups excluding carboxylic acids is 1. The molecule has 2 N–H and O–H groups in total. The molecule has 0 aliphatic heterocycles. The Morgan fingerprint density at radius 3 is 2.65 bits per heavy atom. The summed E-state index contributed by atoms with van der Waals surface area (Å²) in [7, 11) is 0. The lowest BCUT2D eigenvalue weighted by atomic mass is 10.1. The van der Waals surface area contributed by atoms with Crippen molar-refractivity contribution in [3.05, 3.63) is 67.8 Å². The number of fused-ring (bicyclic) bond motifs is 1. The van der Waals surface area contributed by atoms with Crippen LogP contribution in [0.3, 0.4) is 0 Å². The van der Waals surface area contributed by atoms with Crippen LogP contribution < -0.4 is 10.9 Å². The van der Waals surface area contributed by atoms with Crippen molar-refractivity contribution in [3.8, 4) is 0 Å². The Hall–Kier alpha value is -2.40. The first-order valence-electron chi connectivity index (χ1n) is 7.45. The van der Waals surface area contributed by atoms with Crippen LogP contribution in [0.1, 0.15) is 38.8 Å². The van der Waals surface area contributed by atoms with E-state index in [2.05, 4.69) is 23.3 Å². The van der Waals surface area contributed by atoms with Crippen molar-refractivity contribution >= 4 is 28.0 Å². The van der Waals surface area contributed by atoms with Crippen molar-refractivity contribution < 1.29 is 4.79 Å². The van der Waals surface area contributed by atoms with E-state index in [1.165, 1.54) is 9.75 Å². The van der Waals surface area contributed by atoms with Crippen LogP contribution in [0.5, 0.6) is 0 Å². The van der Waals surface area contributed by atoms with Crippen LogP contribution in [0.15, 0.2) is 41.2 Å². The molecule has 3 aromatic rings. The number of benzene rings is 1. The molecule has 0 aliphatic rings. The lowest BCUT2D eigenvalue weighted by Gasteiger charge is -2.14. The van der Waals surface area contributed by atoms with Gasteiger partial charge in [-0.1, -0.05) is 18.2 Å². The normalized spacial score (nSPS) is 12.3. The van der Waals surface area contributed by atoms with Gasteiger partial charge >= 0.3 is 0 Å². The largest absolute Gasteiger partial charge is 0.344 e. The summed E-state index contributed by atoms with van der Waals surface area (Å²) >= 11 is 1.72. The summed E-state index contributed by atoms with van der Waals surface area (Å²) in [4.78, 5) is 29.6. The zero-order valence-corrected chi connectivity index (χ0v) is 14.1. The van der Waals surface area contributed by atoms with Gasteiger partial charge in [0.1, 0.15) is 5.69 Å².